The van der Waals surface area contributed by atoms with Crippen LogP contribution < -0.4 is 0 Å². The summed E-state index contributed by atoms with van der Waals surface area (Å²) in [4.78, 5) is 4.22. The second-order valence-electron chi connectivity index (χ2n) is 12.6. The molecule has 3 nitrogen and oxygen atoms in total. The van der Waals surface area contributed by atoms with Crippen LogP contribution in [0, 0.1) is 6.07 Å². The molecular formula is C48H36BIrN3P-. The molecule has 3 heterocycles. The topological polar surface area (TPSA) is 22.8 Å². The molecule has 54 heavy (non-hydrogen) atoms. The first kappa shape index (κ1) is 36.8. The van der Waals surface area contributed by atoms with E-state index < -0.39 is 0 Å². The molecule has 10 aromatic rings. The molecule has 0 aliphatic heterocycles. The van der Waals surface area contributed by atoms with E-state index in [1.807, 2.05) is 42.5 Å². The van der Waals surface area contributed by atoms with Gasteiger partial charge < -0.3 is 14.1 Å². The van der Waals surface area contributed by atoms with Crippen LogP contribution in [0.1, 0.15) is 0 Å². The van der Waals surface area contributed by atoms with E-state index >= 15 is 0 Å². The second-order valence-corrected chi connectivity index (χ2v) is 13.0. The van der Waals surface area contributed by atoms with Gasteiger partial charge in [0.1, 0.15) is 0 Å². The number of benzene rings is 7. The summed E-state index contributed by atoms with van der Waals surface area (Å²) in [5, 5.41) is 5.14. The van der Waals surface area contributed by atoms with Gasteiger partial charge in [-0.3, -0.25) is 0 Å². The van der Waals surface area contributed by atoms with Gasteiger partial charge in [0.05, 0.1) is 29.9 Å². The van der Waals surface area contributed by atoms with Crippen molar-refractivity contribution in [2.75, 3.05) is 6.06 Å². The molecule has 0 N–H and O–H groups in total. The molecule has 0 aliphatic carbocycles. The molecule has 3 aromatic heterocycles. The van der Waals surface area contributed by atoms with Crippen molar-refractivity contribution in [1.82, 2.24) is 14.1 Å². The summed E-state index contributed by atoms with van der Waals surface area (Å²) in [6.07, 6.45) is 1.79. The molecule has 0 aliphatic rings. The quantitative estimate of drug-likeness (QED) is 0.0981. The van der Waals surface area contributed by atoms with Crippen LogP contribution in [0.5, 0.6) is 0 Å². The fraction of sp³-hybridized carbons (Fsp3) is 0.0208. The number of hydrogen-bond acceptors (Lipinski definition) is 1. The Morgan fingerprint density at radius 3 is 1.19 bits per heavy atom. The van der Waals surface area contributed by atoms with Crippen LogP contribution >= 0.6 is 9.24 Å². The Hall–Kier alpha value is -5.57. The van der Waals surface area contributed by atoms with Gasteiger partial charge in [0.15, 0.2) is 0 Å². The van der Waals surface area contributed by atoms with E-state index in [0.29, 0.717) is 6.06 Å². The third-order valence-corrected chi connectivity index (χ3v) is 9.39. The Kier molecular flexibility index (Phi) is 11.6. The van der Waals surface area contributed by atoms with Gasteiger partial charge in [-0.25, -0.2) is 0 Å². The summed E-state index contributed by atoms with van der Waals surface area (Å²) in [7, 11) is 7.17. The number of aromatic nitrogens is 3. The molecule has 0 amide bonds. The summed E-state index contributed by atoms with van der Waals surface area (Å²) >= 11 is 0. The number of rotatable bonds is 4. The maximum atomic E-state index is 4.81. The monoisotopic (exact) mass is 889 g/mol. The van der Waals surface area contributed by atoms with Crippen molar-refractivity contribution < 1.29 is 20.1 Å². The molecule has 1 unspecified atom stereocenters. The van der Waals surface area contributed by atoms with E-state index in [1.54, 1.807) is 6.20 Å². The summed E-state index contributed by atoms with van der Waals surface area (Å²) in [6, 6.07) is 69.9. The van der Waals surface area contributed by atoms with Gasteiger partial charge in [0.2, 0.25) is 0 Å². The van der Waals surface area contributed by atoms with Crippen LogP contribution in [-0.2, 0) is 20.1 Å². The van der Waals surface area contributed by atoms with E-state index in [-0.39, 0.29) is 20.1 Å². The third-order valence-electron chi connectivity index (χ3n) is 9.39. The summed E-state index contributed by atoms with van der Waals surface area (Å²) in [6.45, 7) is 0. The van der Waals surface area contributed by atoms with Crippen LogP contribution in [0.15, 0.2) is 194 Å². The molecule has 3 radical (unpaired) electrons. The van der Waals surface area contributed by atoms with Crippen LogP contribution in [0.3, 0.4) is 0 Å². The Morgan fingerprint density at radius 2 is 0.833 bits per heavy atom. The molecule has 6 heteroatoms. The number of nitrogens with zero attached hydrogens (tertiary/aromatic N) is 3. The molecule has 261 valence electrons. The number of fused-ring (bicyclic) bond motifs is 6. The van der Waals surface area contributed by atoms with Crippen molar-refractivity contribution in [3.05, 3.63) is 200 Å². The number of pyridine rings is 1. The van der Waals surface area contributed by atoms with Crippen molar-refractivity contribution in [3.63, 3.8) is 0 Å². The maximum Gasteiger partial charge on any atom is 0.0709 e. The third kappa shape index (κ3) is 7.32. The van der Waals surface area contributed by atoms with Crippen molar-refractivity contribution in [2.24, 2.45) is 0 Å². The predicted octanol–water partition coefficient (Wildman–Crippen LogP) is 12.1. The predicted molar refractivity (Wildman–Crippen MR) is 229 cm³/mol. The van der Waals surface area contributed by atoms with E-state index in [2.05, 4.69) is 175 Å². The van der Waals surface area contributed by atoms with Gasteiger partial charge in [0, 0.05) is 59.2 Å². The first-order valence-electron chi connectivity index (χ1n) is 17.7. The van der Waals surface area contributed by atoms with E-state index in [9.17, 15) is 0 Å². The maximum absolute atomic E-state index is 4.81. The minimum Gasteiger partial charge on any atom is -0.309 e. The first-order valence-corrected chi connectivity index (χ1v) is 18.5. The molecule has 0 spiro atoms. The smallest absolute Gasteiger partial charge is 0.0709 e. The molecule has 0 saturated carbocycles. The van der Waals surface area contributed by atoms with Gasteiger partial charge >= 0.3 is 0 Å². The Labute approximate surface area is 333 Å². The van der Waals surface area contributed by atoms with E-state index in [1.165, 1.54) is 66.1 Å². The molecule has 0 bridgehead atoms. The SMILES string of the molecule is [B]CP.[Ir].[c-]1ccccc1-c1ccccn1.c1ccc2c(c1)c1ccccc1n2-c1ccc(-c2ccc(-n3c4ccccc4c4ccccc43)cc2)cc1. The Bertz CT molecular complexity index is 2460. The van der Waals surface area contributed by atoms with Gasteiger partial charge in [-0.1, -0.05) is 115 Å². The minimum atomic E-state index is 0. The van der Waals surface area contributed by atoms with Crippen LogP contribution in [-0.4, -0.2) is 28.0 Å². The summed E-state index contributed by atoms with van der Waals surface area (Å²) in [5.74, 6) is 0. The standard InChI is InChI=1S/C36H24N2.C11H8N.CH4BP.Ir/c1-5-13-33-29(9-1)30-10-2-6-14-34(30)37(33)27-21-17-25(18-22-27)26-19-23-28(24-20-26)38-35-15-7-3-11-31(35)32-12-4-8-16-36(32)38;1-2-6-10(7-3-1)11-8-4-5-9-12-11;2-1-3;/h1-24H;1-6,8-9H;1,3H2;/q;-1;;. The average molecular weight is 889 g/mol. The Morgan fingerprint density at radius 1 is 0.463 bits per heavy atom. The molecule has 7 aromatic carbocycles. The van der Waals surface area contributed by atoms with Crippen LogP contribution in [0.25, 0.3) is 77.4 Å². The summed E-state index contributed by atoms with van der Waals surface area (Å²) < 4.78 is 4.72. The fourth-order valence-electron chi connectivity index (χ4n) is 7.08. The van der Waals surface area contributed by atoms with Crippen molar-refractivity contribution in [3.8, 4) is 33.8 Å². The van der Waals surface area contributed by atoms with E-state index in [0.717, 1.165) is 11.3 Å². The van der Waals surface area contributed by atoms with Crippen LogP contribution in [0.2, 0.25) is 0 Å². The zero-order valence-electron chi connectivity index (χ0n) is 29.5. The number of hydrogen-bond donors (Lipinski definition) is 0. The fourth-order valence-corrected chi connectivity index (χ4v) is 7.08. The molecule has 0 fully saturated rings. The van der Waals surface area contributed by atoms with Crippen LogP contribution in [0.4, 0.5) is 0 Å². The summed E-state index contributed by atoms with van der Waals surface area (Å²) in [5.41, 5.74) is 11.7. The Balaban J connectivity index is 0.000000237. The number of para-hydroxylation sites is 4. The molecular weight excluding hydrogens is 853 g/mol. The van der Waals surface area contributed by atoms with Crippen molar-refractivity contribution >= 4 is 60.7 Å². The van der Waals surface area contributed by atoms with Gasteiger partial charge in [-0.15, -0.1) is 45.1 Å². The normalized spacial score (nSPS) is 10.7. The first-order chi connectivity index (χ1) is 26.2. The van der Waals surface area contributed by atoms with Crippen molar-refractivity contribution in [2.45, 2.75) is 0 Å². The zero-order chi connectivity index (χ0) is 36.0. The van der Waals surface area contributed by atoms with E-state index in [4.69, 9.17) is 7.85 Å². The second kappa shape index (κ2) is 17.1. The van der Waals surface area contributed by atoms with Crippen molar-refractivity contribution in [1.29, 1.82) is 0 Å². The minimum absolute atomic E-state index is 0. The van der Waals surface area contributed by atoms with Gasteiger partial charge in [-0.2, -0.15) is 0 Å². The molecule has 10 rings (SSSR count). The molecule has 0 saturated heterocycles. The largest absolute Gasteiger partial charge is 0.309 e. The molecule has 1 atom stereocenters. The van der Waals surface area contributed by atoms with Gasteiger partial charge in [0.25, 0.3) is 0 Å². The zero-order valence-corrected chi connectivity index (χ0v) is 33.1. The average Bonchev–Trinajstić information content (AvgIpc) is 3.75. The van der Waals surface area contributed by atoms with Gasteiger partial charge in [-0.05, 0) is 71.4 Å².